The van der Waals surface area contributed by atoms with Crippen LogP contribution in [0, 0.1) is 5.92 Å². The third-order valence-corrected chi connectivity index (χ3v) is 7.12. The molecule has 4 nitrogen and oxygen atoms in total. The lowest BCUT2D eigenvalue weighted by Gasteiger charge is -2.34. The number of esters is 1. The molecule has 148 valence electrons. The minimum atomic E-state index is -0.707. The van der Waals surface area contributed by atoms with Gasteiger partial charge in [0.1, 0.15) is 0 Å². The van der Waals surface area contributed by atoms with Crippen LogP contribution < -0.4 is 0 Å². The lowest BCUT2D eigenvalue weighted by molar-refractivity contribution is -0.153. The Labute approximate surface area is 170 Å². The predicted molar refractivity (Wildman–Crippen MR) is 111 cm³/mol. The molecule has 2 aromatic rings. The topological polar surface area (TPSA) is 49.8 Å². The van der Waals surface area contributed by atoms with Crippen molar-refractivity contribution in [3.63, 3.8) is 0 Å². The van der Waals surface area contributed by atoms with Crippen LogP contribution in [0.3, 0.4) is 0 Å². The SMILES string of the molecule is O=C1OCC[C@H](Sc2ccccc2)[C@@H](O)[C@H]1[C@H]1CCCN1Cc1ccccc1. The molecule has 0 bridgehead atoms. The molecule has 0 unspecified atom stereocenters. The van der Waals surface area contributed by atoms with E-state index in [0.29, 0.717) is 13.0 Å². The number of ether oxygens (including phenoxy) is 1. The highest BCUT2D eigenvalue weighted by atomic mass is 32.2. The average Bonchev–Trinajstić information content (AvgIpc) is 3.11. The minimum absolute atomic E-state index is 0.0275. The van der Waals surface area contributed by atoms with Crippen LogP contribution in [0.2, 0.25) is 0 Å². The largest absolute Gasteiger partial charge is 0.465 e. The number of benzene rings is 2. The van der Waals surface area contributed by atoms with Crippen LogP contribution in [0.4, 0.5) is 0 Å². The normalized spacial score (nSPS) is 28.7. The van der Waals surface area contributed by atoms with Gasteiger partial charge in [-0.3, -0.25) is 9.69 Å². The molecule has 2 fully saturated rings. The molecule has 4 rings (SSSR count). The van der Waals surface area contributed by atoms with Gasteiger partial charge < -0.3 is 9.84 Å². The summed E-state index contributed by atoms with van der Waals surface area (Å²) in [6.45, 7) is 2.13. The molecule has 28 heavy (non-hydrogen) atoms. The lowest BCUT2D eigenvalue weighted by atomic mass is 9.89. The molecule has 2 saturated heterocycles. The standard InChI is InChI=1S/C23H27NO3S/c25-22-20(28-18-10-5-2-6-11-18)13-15-27-23(26)21(22)19-12-7-14-24(19)16-17-8-3-1-4-9-17/h1-6,8-11,19-22,25H,7,12-16H2/t19-,20+,21-,22-/m1/s1. The summed E-state index contributed by atoms with van der Waals surface area (Å²) in [7, 11) is 0. The van der Waals surface area contributed by atoms with E-state index in [9.17, 15) is 9.90 Å². The number of aliphatic hydroxyl groups is 1. The fourth-order valence-corrected chi connectivity index (χ4v) is 5.56. The van der Waals surface area contributed by atoms with Gasteiger partial charge in [-0.2, -0.15) is 0 Å². The summed E-state index contributed by atoms with van der Waals surface area (Å²) in [6, 6.07) is 20.5. The van der Waals surface area contributed by atoms with Crippen molar-refractivity contribution in [1.29, 1.82) is 0 Å². The Morgan fingerprint density at radius 3 is 2.50 bits per heavy atom. The smallest absolute Gasteiger partial charge is 0.313 e. The Kier molecular flexibility index (Phi) is 6.35. The highest BCUT2D eigenvalue weighted by Gasteiger charge is 2.45. The molecule has 0 saturated carbocycles. The van der Waals surface area contributed by atoms with E-state index in [0.717, 1.165) is 30.8 Å². The lowest BCUT2D eigenvalue weighted by Crippen LogP contribution is -2.47. The Hall–Kier alpha value is -1.82. The first kappa shape index (κ1) is 19.5. The van der Waals surface area contributed by atoms with Crippen LogP contribution >= 0.6 is 11.8 Å². The van der Waals surface area contributed by atoms with Gasteiger partial charge in [0.15, 0.2) is 0 Å². The number of hydrogen-bond donors (Lipinski definition) is 1. The van der Waals surface area contributed by atoms with Crippen molar-refractivity contribution in [1.82, 2.24) is 4.90 Å². The molecular formula is C23H27NO3S. The van der Waals surface area contributed by atoms with E-state index in [-0.39, 0.29) is 17.3 Å². The van der Waals surface area contributed by atoms with Crippen LogP contribution in [0.25, 0.3) is 0 Å². The van der Waals surface area contributed by atoms with E-state index in [1.165, 1.54) is 5.56 Å². The Bertz CT molecular complexity index is 770. The van der Waals surface area contributed by atoms with Crippen LogP contribution in [0.15, 0.2) is 65.6 Å². The van der Waals surface area contributed by atoms with E-state index in [1.54, 1.807) is 11.8 Å². The van der Waals surface area contributed by atoms with Crippen LogP contribution in [-0.4, -0.2) is 46.5 Å². The summed E-state index contributed by atoms with van der Waals surface area (Å²) in [5.41, 5.74) is 1.24. The summed E-state index contributed by atoms with van der Waals surface area (Å²) in [4.78, 5) is 16.3. The van der Waals surface area contributed by atoms with Crippen molar-refractivity contribution in [3.05, 3.63) is 66.2 Å². The number of thioether (sulfide) groups is 1. The molecule has 2 aromatic carbocycles. The van der Waals surface area contributed by atoms with Crippen molar-refractivity contribution in [3.8, 4) is 0 Å². The van der Waals surface area contributed by atoms with Gasteiger partial charge in [-0.15, -0.1) is 11.8 Å². The van der Waals surface area contributed by atoms with Gasteiger partial charge in [-0.25, -0.2) is 0 Å². The van der Waals surface area contributed by atoms with Crippen molar-refractivity contribution < 1.29 is 14.6 Å². The molecule has 0 radical (unpaired) electrons. The van der Waals surface area contributed by atoms with Gasteiger partial charge in [0.05, 0.1) is 18.6 Å². The van der Waals surface area contributed by atoms with Crippen molar-refractivity contribution >= 4 is 17.7 Å². The van der Waals surface area contributed by atoms with Crippen molar-refractivity contribution in [2.75, 3.05) is 13.2 Å². The fourth-order valence-electron chi connectivity index (χ4n) is 4.37. The number of likely N-dealkylation sites (tertiary alicyclic amines) is 1. The number of carbonyl (C=O) groups is 1. The third-order valence-electron chi connectivity index (χ3n) is 5.76. The molecule has 0 spiro atoms. The Morgan fingerprint density at radius 1 is 1.04 bits per heavy atom. The summed E-state index contributed by atoms with van der Waals surface area (Å²) in [5, 5.41) is 11.2. The Morgan fingerprint density at radius 2 is 1.75 bits per heavy atom. The first-order chi connectivity index (χ1) is 13.7. The summed E-state index contributed by atoms with van der Waals surface area (Å²) < 4.78 is 5.53. The number of cyclic esters (lactones) is 1. The maximum Gasteiger partial charge on any atom is 0.313 e. The van der Waals surface area contributed by atoms with Gasteiger partial charge in [0.25, 0.3) is 0 Å². The van der Waals surface area contributed by atoms with Crippen molar-refractivity contribution in [2.45, 2.75) is 48.1 Å². The predicted octanol–water partition coefficient (Wildman–Crippen LogP) is 3.74. The second-order valence-corrected chi connectivity index (χ2v) is 8.92. The zero-order chi connectivity index (χ0) is 19.3. The summed E-state index contributed by atoms with van der Waals surface area (Å²) in [5.74, 6) is -0.733. The molecule has 5 heteroatoms. The van der Waals surface area contributed by atoms with Gasteiger partial charge in [-0.05, 0) is 43.5 Å². The highest BCUT2D eigenvalue weighted by Crippen LogP contribution is 2.37. The number of carbonyl (C=O) groups excluding carboxylic acids is 1. The zero-order valence-electron chi connectivity index (χ0n) is 15.9. The van der Waals surface area contributed by atoms with Gasteiger partial charge in [0, 0.05) is 22.7 Å². The number of nitrogens with zero attached hydrogens (tertiary/aromatic N) is 1. The molecule has 0 amide bonds. The van der Waals surface area contributed by atoms with Gasteiger partial charge >= 0.3 is 5.97 Å². The van der Waals surface area contributed by atoms with Crippen LogP contribution in [0.5, 0.6) is 0 Å². The Balaban J connectivity index is 1.52. The van der Waals surface area contributed by atoms with E-state index < -0.39 is 12.0 Å². The number of rotatable bonds is 5. The number of aliphatic hydroxyl groups excluding tert-OH is 1. The second kappa shape index (κ2) is 9.12. The summed E-state index contributed by atoms with van der Waals surface area (Å²) >= 11 is 1.66. The van der Waals surface area contributed by atoms with Gasteiger partial charge in [-0.1, -0.05) is 48.5 Å². The molecule has 4 atom stereocenters. The maximum atomic E-state index is 12.8. The fraction of sp³-hybridized carbons (Fsp3) is 0.435. The quantitative estimate of drug-likeness (QED) is 0.779. The first-order valence-corrected chi connectivity index (χ1v) is 10.9. The van der Waals surface area contributed by atoms with E-state index in [2.05, 4.69) is 29.2 Å². The molecule has 2 heterocycles. The molecule has 0 aliphatic carbocycles. The van der Waals surface area contributed by atoms with Crippen molar-refractivity contribution in [2.24, 2.45) is 5.92 Å². The average molecular weight is 398 g/mol. The molecule has 2 aliphatic heterocycles. The zero-order valence-corrected chi connectivity index (χ0v) is 16.8. The number of hydrogen-bond acceptors (Lipinski definition) is 5. The van der Waals surface area contributed by atoms with E-state index in [1.807, 2.05) is 36.4 Å². The first-order valence-electron chi connectivity index (χ1n) is 10.1. The monoisotopic (exact) mass is 397 g/mol. The molecular weight excluding hydrogens is 370 g/mol. The van der Waals surface area contributed by atoms with Crippen LogP contribution in [0.1, 0.15) is 24.8 Å². The minimum Gasteiger partial charge on any atom is -0.465 e. The van der Waals surface area contributed by atoms with Crippen LogP contribution in [-0.2, 0) is 16.1 Å². The highest BCUT2D eigenvalue weighted by molar-refractivity contribution is 8.00. The molecule has 0 aromatic heterocycles. The third kappa shape index (κ3) is 4.43. The second-order valence-electron chi connectivity index (χ2n) is 7.61. The molecule has 1 N–H and O–H groups in total. The molecule has 2 aliphatic rings. The van der Waals surface area contributed by atoms with E-state index in [4.69, 9.17) is 4.74 Å². The van der Waals surface area contributed by atoms with Gasteiger partial charge in [0.2, 0.25) is 0 Å². The summed E-state index contributed by atoms with van der Waals surface area (Å²) in [6.07, 6.45) is 1.94. The van der Waals surface area contributed by atoms with E-state index >= 15 is 0 Å². The maximum absolute atomic E-state index is 12.8.